The molecule has 0 unspecified atom stereocenters. The molecule has 118 valence electrons. The van der Waals surface area contributed by atoms with Gasteiger partial charge in [-0.15, -0.1) is 0 Å². The summed E-state index contributed by atoms with van der Waals surface area (Å²) in [4.78, 5) is 45.5. The molecule has 0 radical (unpaired) electrons. The van der Waals surface area contributed by atoms with Crippen LogP contribution in [0.3, 0.4) is 0 Å². The quantitative estimate of drug-likeness (QED) is 0.384. The number of Topliss-reactive ketones (excluding diaryl/α,β-unsaturated/α-hetero) is 1. The van der Waals surface area contributed by atoms with Crippen molar-refractivity contribution in [3.8, 4) is 0 Å². The Labute approximate surface area is 127 Å². The first kappa shape index (κ1) is 17.3. The van der Waals surface area contributed by atoms with Gasteiger partial charge in [-0.1, -0.05) is 6.07 Å². The van der Waals surface area contributed by atoms with E-state index in [1.165, 1.54) is 19.1 Å². The average Bonchev–Trinajstić information content (AvgIpc) is 2.46. The van der Waals surface area contributed by atoms with Gasteiger partial charge in [-0.05, 0) is 25.1 Å². The second kappa shape index (κ2) is 8.53. The maximum atomic E-state index is 11.9. The first-order valence-electron chi connectivity index (χ1n) is 6.56. The van der Waals surface area contributed by atoms with Crippen molar-refractivity contribution < 1.29 is 19.2 Å². The van der Waals surface area contributed by atoms with E-state index in [9.17, 15) is 19.2 Å². The van der Waals surface area contributed by atoms with Gasteiger partial charge in [-0.2, -0.15) is 0 Å². The number of nitrogens with one attached hydrogen (secondary N) is 3. The van der Waals surface area contributed by atoms with Crippen LogP contribution in [-0.4, -0.2) is 36.8 Å². The molecule has 1 rings (SSSR count). The molecular formula is C14H18N4O4. The van der Waals surface area contributed by atoms with Gasteiger partial charge in [-0.3, -0.25) is 19.2 Å². The molecule has 22 heavy (non-hydrogen) atoms. The largest absolute Gasteiger partial charge is 0.340 e. The first-order valence-corrected chi connectivity index (χ1v) is 6.56. The van der Waals surface area contributed by atoms with E-state index >= 15 is 0 Å². The molecule has 0 saturated heterocycles. The Bertz CT molecular complexity index is 586. The smallest absolute Gasteiger partial charge is 0.252 e. The summed E-state index contributed by atoms with van der Waals surface area (Å²) < 4.78 is 0. The van der Waals surface area contributed by atoms with Crippen LogP contribution in [0.2, 0.25) is 0 Å². The van der Waals surface area contributed by atoms with Crippen LogP contribution in [0.4, 0.5) is 0 Å². The number of ketones is 1. The number of nitrogens with two attached hydrogens (primary N) is 1. The standard InChI is InChI=1S/C14H18N4O4/c1-9(19)5-12(20)17-8-18-14(22)11-4-2-3-10(6-11)13(21)16-7-15/h2-4,6H,5,7-8,15H2,1H3,(H,16,21)(H,17,20)(H,18,22). The third-order valence-electron chi connectivity index (χ3n) is 2.59. The van der Waals surface area contributed by atoms with Crippen molar-refractivity contribution in [1.29, 1.82) is 0 Å². The van der Waals surface area contributed by atoms with E-state index in [1.807, 2.05) is 0 Å². The molecule has 0 aliphatic carbocycles. The summed E-state index contributed by atoms with van der Waals surface area (Å²) in [6.45, 7) is 1.19. The van der Waals surface area contributed by atoms with Crippen LogP contribution >= 0.6 is 0 Å². The maximum Gasteiger partial charge on any atom is 0.252 e. The predicted octanol–water partition coefficient (Wildman–Crippen LogP) is -0.885. The average molecular weight is 306 g/mol. The van der Waals surface area contributed by atoms with Crippen LogP contribution in [0.5, 0.6) is 0 Å². The molecule has 3 amide bonds. The maximum absolute atomic E-state index is 11.9. The van der Waals surface area contributed by atoms with Gasteiger partial charge in [0.15, 0.2) is 0 Å². The van der Waals surface area contributed by atoms with Crippen molar-refractivity contribution in [2.24, 2.45) is 5.73 Å². The fourth-order valence-electron chi connectivity index (χ4n) is 1.61. The Morgan fingerprint density at radius 3 is 2.14 bits per heavy atom. The lowest BCUT2D eigenvalue weighted by Crippen LogP contribution is -2.37. The zero-order chi connectivity index (χ0) is 16.5. The fourth-order valence-corrected chi connectivity index (χ4v) is 1.61. The highest BCUT2D eigenvalue weighted by atomic mass is 16.2. The van der Waals surface area contributed by atoms with Crippen LogP contribution < -0.4 is 21.7 Å². The van der Waals surface area contributed by atoms with Gasteiger partial charge in [0.1, 0.15) is 5.78 Å². The summed E-state index contributed by atoms with van der Waals surface area (Å²) in [5.74, 6) is -1.57. The third kappa shape index (κ3) is 5.71. The highest BCUT2D eigenvalue weighted by Crippen LogP contribution is 2.05. The van der Waals surface area contributed by atoms with Gasteiger partial charge in [0.2, 0.25) is 5.91 Å². The third-order valence-corrected chi connectivity index (χ3v) is 2.59. The van der Waals surface area contributed by atoms with Crippen LogP contribution in [0.15, 0.2) is 24.3 Å². The SMILES string of the molecule is CC(=O)CC(=O)NCNC(=O)c1cccc(C(=O)NCN)c1. The van der Waals surface area contributed by atoms with E-state index in [0.717, 1.165) is 0 Å². The monoisotopic (exact) mass is 306 g/mol. The first-order chi connectivity index (χ1) is 10.4. The molecule has 8 heteroatoms. The van der Waals surface area contributed by atoms with E-state index in [2.05, 4.69) is 16.0 Å². The van der Waals surface area contributed by atoms with Gasteiger partial charge in [0.05, 0.1) is 19.8 Å². The number of carbonyl (C=O) groups is 4. The van der Waals surface area contributed by atoms with E-state index in [-0.39, 0.29) is 37.0 Å². The number of amides is 3. The Balaban J connectivity index is 2.55. The minimum atomic E-state index is -0.469. The topological polar surface area (TPSA) is 130 Å². The molecule has 0 heterocycles. The molecule has 8 nitrogen and oxygen atoms in total. The lowest BCUT2D eigenvalue weighted by atomic mass is 10.1. The highest BCUT2D eigenvalue weighted by molar-refractivity contribution is 6.00. The Morgan fingerprint density at radius 1 is 1.00 bits per heavy atom. The molecule has 0 saturated carbocycles. The molecule has 0 spiro atoms. The molecule has 1 aromatic rings. The van der Waals surface area contributed by atoms with Crippen LogP contribution in [0.25, 0.3) is 0 Å². The summed E-state index contributed by atoms with van der Waals surface area (Å²) in [6, 6.07) is 6.06. The second-order valence-electron chi connectivity index (χ2n) is 4.45. The van der Waals surface area contributed by atoms with E-state index in [1.54, 1.807) is 12.1 Å². The summed E-state index contributed by atoms with van der Waals surface area (Å²) in [7, 11) is 0. The van der Waals surface area contributed by atoms with Crippen LogP contribution in [0.1, 0.15) is 34.1 Å². The van der Waals surface area contributed by atoms with Gasteiger partial charge in [0, 0.05) is 11.1 Å². The number of benzene rings is 1. The summed E-state index contributed by atoms with van der Waals surface area (Å²) in [5, 5.41) is 7.27. The summed E-state index contributed by atoms with van der Waals surface area (Å²) in [6.07, 6.45) is -0.232. The van der Waals surface area contributed by atoms with Crippen molar-refractivity contribution in [2.45, 2.75) is 13.3 Å². The van der Waals surface area contributed by atoms with Crippen LogP contribution in [0, 0.1) is 0 Å². The van der Waals surface area contributed by atoms with E-state index in [4.69, 9.17) is 5.73 Å². The van der Waals surface area contributed by atoms with E-state index < -0.39 is 11.8 Å². The van der Waals surface area contributed by atoms with Crippen molar-refractivity contribution >= 4 is 23.5 Å². The Kier molecular flexibility index (Phi) is 6.71. The molecule has 0 aromatic heterocycles. The zero-order valence-electron chi connectivity index (χ0n) is 12.1. The predicted molar refractivity (Wildman–Crippen MR) is 78.7 cm³/mol. The minimum Gasteiger partial charge on any atom is -0.340 e. The molecule has 0 bridgehead atoms. The van der Waals surface area contributed by atoms with Crippen molar-refractivity contribution in [3.63, 3.8) is 0 Å². The van der Waals surface area contributed by atoms with Gasteiger partial charge >= 0.3 is 0 Å². The van der Waals surface area contributed by atoms with E-state index in [0.29, 0.717) is 5.56 Å². The molecule has 0 fully saturated rings. The molecule has 0 atom stereocenters. The highest BCUT2D eigenvalue weighted by Gasteiger charge is 2.10. The summed E-state index contributed by atoms with van der Waals surface area (Å²) in [5.41, 5.74) is 5.79. The molecule has 0 aliphatic heterocycles. The fraction of sp³-hybridized carbons (Fsp3) is 0.286. The zero-order valence-corrected chi connectivity index (χ0v) is 12.1. The molecular weight excluding hydrogens is 288 g/mol. The lowest BCUT2D eigenvalue weighted by Gasteiger charge is -2.08. The Morgan fingerprint density at radius 2 is 1.59 bits per heavy atom. The second-order valence-corrected chi connectivity index (χ2v) is 4.45. The van der Waals surface area contributed by atoms with Crippen molar-refractivity contribution in [2.75, 3.05) is 13.3 Å². The van der Waals surface area contributed by atoms with Crippen molar-refractivity contribution in [3.05, 3.63) is 35.4 Å². The minimum absolute atomic E-state index is 0.00254. The van der Waals surface area contributed by atoms with Crippen molar-refractivity contribution in [1.82, 2.24) is 16.0 Å². The van der Waals surface area contributed by atoms with Gasteiger partial charge in [-0.25, -0.2) is 0 Å². The Hall–Kier alpha value is -2.74. The normalized spacial score (nSPS) is 9.73. The number of hydrogen-bond donors (Lipinski definition) is 4. The molecule has 1 aromatic carbocycles. The molecule has 5 N–H and O–H groups in total. The summed E-state index contributed by atoms with van der Waals surface area (Å²) >= 11 is 0. The molecule has 0 aliphatic rings. The number of hydrogen-bond acceptors (Lipinski definition) is 5. The number of rotatable bonds is 7. The van der Waals surface area contributed by atoms with Crippen LogP contribution in [-0.2, 0) is 9.59 Å². The lowest BCUT2D eigenvalue weighted by molar-refractivity contribution is -0.127. The van der Waals surface area contributed by atoms with Gasteiger partial charge < -0.3 is 21.7 Å². The van der Waals surface area contributed by atoms with Gasteiger partial charge in [0.25, 0.3) is 11.8 Å². The number of carbonyl (C=O) groups excluding carboxylic acids is 4.